The highest BCUT2D eigenvalue weighted by atomic mass is 15.0. The van der Waals surface area contributed by atoms with Crippen LogP contribution in [0.1, 0.15) is 24.5 Å². The molecule has 16 heavy (non-hydrogen) atoms. The number of nitrogens with zero attached hydrogens (tertiary/aromatic N) is 3. The minimum Gasteiger partial charge on any atom is -0.349 e. The Kier molecular flexibility index (Phi) is 3.61. The zero-order valence-corrected chi connectivity index (χ0v) is 9.22. The number of imidazole rings is 1. The zero-order valence-electron chi connectivity index (χ0n) is 9.22. The Balaban J connectivity index is 1.78. The molecule has 0 aromatic carbocycles. The van der Waals surface area contributed by atoms with Gasteiger partial charge in [0.05, 0.1) is 5.69 Å². The molecule has 5 heteroatoms. The fourth-order valence-electron chi connectivity index (χ4n) is 1.48. The first kappa shape index (κ1) is 10.8. The Hall–Kier alpha value is -1.75. The molecular weight excluding hydrogens is 202 g/mol. The van der Waals surface area contributed by atoms with E-state index in [1.54, 1.807) is 24.8 Å². The van der Waals surface area contributed by atoms with Crippen LogP contribution in [0.4, 0.5) is 0 Å². The second-order valence-corrected chi connectivity index (χ2v) is 3.59. The molecule has 0 radical (unpaired) electrons. The van der Waals surface area contributed by atoms with Gasteiger partial charge in [0.2, 0.25) is 0 Å². The van der Waals surface area contributed by atoms with Crippen LogP contribution in [0.15, 0.2) is 31.0 Å². The van der Waals surface area contributed by atoms with Crippen molar-refractivity contribution in [3.63, 3.8) is 0 Å². The molecule has 0 spiro atoms. The Labute approximate surface area is 94.4 Å². The molecule has 2 rings (SSSR count). The van der Waals surface area contributed by atoms with E-state index >= 15 is 0 Å². The fraction of sp³-hybridized carbons (Fsp3) is 0.364. The number of aromatic nitrogens is 4. The van der Waals surface area contributed by atoms with Crippen molar-refractivity contribution in [1.82, 2.24) is 25.3 Å². The van der Waals surface area contributed by atoms with Crippen molar-refractivity contribution in [2.24, 2.45) is 0 Å². The lowest BCUT2D eigenvalue weighted by Gasteiger charge is -2.11. The van der Waals surface area contributed by atoms with Gasteiger partial charge in [0.1, 0.15) is 5.82 Å². The van der Waals surface area contributed by atoms with E-state index in [4.69, 9.17) is 0 Å². The minimum atomic E-state index is 0.212. The lowest BCUT2D eigenvalue weighted by molar-refractivity contribution is 0.557. The maximum absolute atomic E-state index is 4.25. The van der Waals surface area contributed by atoms with Crippen LogP contribution in [-0.4, -0.2) is 26.5 Å². The summed E-state index contributed by atoms with van der Waals surface area (Å²) >= 11 is 0. The van der Waals surface area contributed by atoms with Gasteiger partial charge in [-0.3, -0.25) is 9.97 Å². The van der Waals surface area contributed by atoms with Crippen molar-refractivity contribution >= 4 is 0 Å². The molecule has 1 unspecified atom stereocenters. The summed E-state index contributed by atoms with van der Waals surface area (Å²) in [5, 5.41) is 3.37. The quantitative estimate of drug-likeness (QED) is 0.787. The Bertz CT molecular complexity index is 398. The van der Waals surface area contributed by atoms with E-state index in [9.17, 15) is 0 Å². The molecule has 0 saturated heterocycles. The highest BCUT2D eigenvalue weighted by molar-refractivity contribution is 5.00. The molecule has 5 nitrogen and oxygen atoms in total. The van der Waals surface area contributed by atoms with E-state index in [0.29, 0.717) is 0 Å². The fourth-order valence-corrected chi connectivity index (χ4v) is 1.48. The first-order valence-electron chi connectivity index (χ1n) is 5.34. The van der Waals surface area contributed by atoms with Crippen LogP contribution in [0.25, 0.3) is 0 Å². The largest absolute Gasteiger partial charge is 0.349 e. The topological polar surface area (TPSA) is 66.5 Å². The number of rotatable bonds is 5. The molecule has 0 aliphatic carbocycles. The third-order valence-corrected chi connectivity index (χ3v) is 2.39. The zero-order chi connectivity index (χ0) is 11.2. The van der Waals surface area contributed by atoms with Crippen LogP contribution in [0.5, 0.6) is 0 Å². The molecule has 0 amide bonds. The summed E-state index contributed by atoms with van der Waals surface area (Å²) in [6.07, 6.45) is 9.66. The molecule has 2 aromatic rings. The van der Waals surface area contributed by atoms with Gasteiger partial charge < -0.3 is 10.3 Å². The predicted octanol–water partition coefficient (Wildman–Crippen LogP) is 1.09. The van der Waals surface area contributed by atoms with Crippen molar-refractivity contribution in [2.75, 3.05) is 6.54 Å². The van der Waals surface area contributed by atoms with E-state index in [2.05, 4.69) is 32.2 Å². The third kappa shape index (κ3) is 2.87. The molecular formula is C11H15N5. The van der Waals surface area contributed by atoms with Gasteiger partial charge in [-0.25, -0.2) is 4.98 Å². The first-order valence-corrected chi connectivity index (χ1v) is 5.34. The second kappa shape index (κ2) is 5.37. The lowest BCUT2D eigenvalue weighted by atomic mass is 10.2. The van der Waals surface area contributed by atoms with Crippen LogP contribution in [-0.2, 0) is 6.42 Å². The Morgan fingerprint density at radius 2 is 2.25 bits per heavy atom. The van der Waals surface area contributed by atoms with E-state index in [0.717, 1.165) is 24.5 Å². The minimum absolute atomic E-state index is 0.212. The van der Waals surface area contributed by atoms with Gasteiger partial charge >= 0.3 is 0 Å². The average molecular weight is 217 g/mol. The summed E-state index contributed by atoms with van der Waals surface area (Å²) in [4.78, 5) is 15.5. The average Bonchev–Trinajstić information content (AvgIpc) is 2.83. The first-order chi connectivity index (χ1) is 7.86. The number of hydrogen-bond acceptors (Lipinski definition) is 4. The molecule has 2 aromatic heterocycles. The molecule has 84 valence electrons. The van der Waals surface area contributed by atoms with Gasteiger partial charge in [-0.15, -0.1) is 0 Å². The van der Waals surface area contributed by atoms with Crippen LogP contribution in [0.3, 0.4) is 0 Å². The second-order valence-electron chi connectivity index (χ2n) is 3.59. The van der Waals surface area contributed by atoms with Gasteiger partial charge in [0, 0.05) is 50.0 Å². The van der Waals surface area contributed by atoms with Gasteiger partial charge in [0.25, 0.3) is 0 Å². The Morgan fingerprint density at radius 1 is 1.31 bits per heavy atom. The summed E-state index contributed by atoms with van der Waals surface area (Å²) in [6, 6.07) is 0.212. The van der Waals surface area contributed by atoms with Crippen molar-refractivity contribution in [3.8, 4) is 0 Å². The Morgan fingerprint density at radius 3 is 2.94 bits per heavy atom. The highest BCUT2D eigenvalue weighted by Crippen LogP contribution is 2.05. The predicted molar refractivity (Wildman–Crippen MR) is 60.7 cm³/mol. The van der Waals surface area contributed by atoms with E-state index < -0.39 is 0 Å². The third-order valence-electron chi connectivity index (χ3n) is 2.39. The summed E-state index contributed by atoms with van der Waals surface area (Å²) in [5.74, 6) is 0.999. The van der Waals surface area contributed by atoms with Crippen LogP contribution in [0, 0.1) is 0 Å². The number of nitrogens with one attached hydrogen (secondary N) is 2. The van der Waals surface area contributed by atoms with E-state index in [-0.39, 0.29) is 6.04 Å². The normalized spacial score (nSPS) is 12.6. The van der Waals surface area contributed by atoms with Crippen molar-refractivity contribution in [3.05, 3.63) is 42.5 Å². The van der Waals surface area contributed by atoms with Crippen LogP contribution in [0.2, 0.25) is 0 Å². The van der Waals surface area contributed by atoms with E-state index in [1.165, 1.54) is 0 Å². The number of H-pyrrole nitrogens is 1. The maximum atomic E-state index is 4.25. The summed E-state index contributed by atoms with van der Waals surface area (Å²) in [5.41, 5.74) is 0.960. The van der Waals surface area contributed by atoms with Crippen molar-refractivity contribution in [1.29, 1.82) is 0 Å². The smallest absolute Gasteiger partial charge is 0.107 e. The number of hydrogen-bond donors (Lipinski definition) is 2. The van der Waals surface area contributed by atoms with Crippen LogP contribution < -0.4 is 5.32 Å². The monoisotopic (exact) mass is 217 g/mol. The maximum Gasteiger partial charge on any atom is 0.107 e. The van der Waals surface area contributed by atoms with Gasteiger partial charge in [-0.1, -0.05) is 0 Å². The molecule has 0 fully saturated rings. The molecule has 2 heterocycles. The molecule has 0 aliphatic rings. The summed E-state index contributed by atoms with van der Waals surface area (Å²) in [7, 11) is 0. The standard InChI is InChI=1S/C11H15N5/c1-9(10-8-12-4-5-14-10)13-3-2-11-15-6-7-16-11/h4-9,13H,2-3H2,1H3,(H,15,16). The lowest BCUT2D eigenvalue weighted by Crippen LogP contribution is -2.22. The molecule has 2 N–H and O–H groups in total. The van der Waals surface area contributed by atoms with Crippen molar-refractivity contribution in [2.45, 2.75) is 19.4 Å². The summed E-state index contributed by atoms with van der Waals surface area (Å²) in [6.45, 7) is 2.94. The van der Waals surface area contributed by atoms with E-state index in [1.807, 2.05) is 6.20 Å². The SMILES string of the molecule is CC(NCCc1ncc[nH]1)c1cnccn1. The highest BCUT2D eigenvalue weighted by Gasteiger charge is 2.05. The molecule has 1 atom stereocenters. The van der Waals surface area contributed by atoms with Gasteiger partial charge in [0.15, 0.2) is 0 Å². The molecule has 0 bridgehead atoms. The van der Waals surface area contributed by atoms with Gasteiger partial charge in [-0.2, -0.15) is 0 Å². The van der Waals surface area contributed by atoms with Crippen molar-refractivity contribution < 1.29 is 0 Å². The number of aromatic amines is 1. The van der Waals surface area contributed by atoms with Gasteiger partial charge in [-0.05, 0) is 6.92 Å². The van der Waals surface area contributed by atoms with Crippen LogP contribution >= 0.6 is 0 Å². The molecule has 0 aliphatic heterocycles. The summed E-state index contributed by atoms with van der Waals surface area (Å²) < 4.78 is 0. The molecule has 0 saturated carbocycles.